The topological polar surface area (TPSA) is 119 Å². The van der Waals surface area contributed by atoms with Gasteiger partial charge in [0.15, 0.2) is 0 Å². The van der Waals surface area contributed by atoms with Gasteiger partial charge < -0.3 is 25.4 Å². The summed E-state index contributed by atoms with van der Waals surface area (Å²) in [5.74, 6) is -2.29. The van der Waals surface area contributed by atoms with Crippen LogP contribution in [0.1, 0.15) is 30.9 Å². The van der Waals surface area contributed by atoms with Crippen LogP contribution in [0.25, 0.3) is 0 Å². The zero-order valence-electron chi connectivity index (χ0n) is 17.0. The molecular formula is C22H24F3NO6. The molecule has 0 aliphatic heterocycles. The van der Waals surface area contributed by atoms with E-state index in [0.29, 0.717) is 24.4 Å². The number of hydrogen-bond acceptors (Lipinski definition) is 5. The largest absolute Gasteiger partial charge is 0.573 e. The van der Waals surface area contributed by atoms with Gasteiger partial charge in [-0.15, -0.1) is 13.2 Å². The average Bonchev–Trinajstić information content (AvgIpc) is 2.73. The van der Waals surface area contributed by atoms with E-state index in [4.69, 9.17) is 20.7 Å². The number of nitrogens with two attached hydrogens (primary N) is 1. The van der Waals surface area contributed by atoms with Gasteiger partial charge >= 0.3 is 18.3 Å². The number of benzene rings is 2. The molecule has 0 aromatic heterocycles. The summed E-state index contributed by atoms with van der Waals surface area (Å²) >= 11 is 0. The lowest BCUT2D eigenvalue weighted by atomic mass is 10.0. The van der Waals surface area contributed by atoms with Crippen molar-refractivity contribution in [2.24, 2.45) is 5.73 Å². The molecule has 0 fully saturated rings. The van der Waals surface area contributed by atoms with E-state index in [1.54, 1.807) is 0 Å². The average molecular weight is 455 g/mol. The Bertz CT molecular complexity index is 838. The van der Waals surface area contributed by atoms with Gasteiger partial charge in [-0.05, 0) is 55.6 Å². The highest BCUT2D eigenvalue weighted by Gasteiger charge is 2.31. The Morgan fingerprint density at radius 1 is 0.906 bits per heavy atom. The molecule has 2 aromatic rings. The number of aliphatic carboxylic acids is 2. The molecule has 2 rings (SSSR count). The Balaban J connectivity index is 0.000000547. The molecule has 4 N–H and O–H groups in total. The van der Waals surface area contributed by atoms with Gasteiger partial charge in [-0.25, -0.2) is 9.59 Å². The van der Waals surface area contributed by atoms with Crippen LogP contribution in [0.5, 0.6) is 11.5 Å². The van der Waals surface area contributed by atoms with Crippen LogP contribution in [0.4, 0.5) is 13.2 Å². The first kappa shape index (κ1) is 26.5. The normalized spacial score (nSPS) is 11.9. The lowest BCUT2D eigenvalue weighted by molar-refractivity contribution is -0.274. The first-order valence-electron chi connectivity index (χ1n) is 9.52. The van der Waals surface area contributed by atoms with Crippen molar-refractivity contribution in [2.45, 2.75) is 31.7 Å². The minimum atomic E-state index is -4.70. The summed E-state index contributed by atoms with van der Waals surface area (Å²) in [6, 6.07) is 15.1. The van der Waals surface area contributed by atoms with Crippen LogP contribution in [-0.4, -0.2) is 35.1 Å². The van der Waals surface area contributed by atoms with Crippen molar-refractivity contribution in [2.75, 3.05) is 6.54 Å². The van der Waals surface area contributed by atoms with Crippen LogP contribution in [0, 0.1) is 0 Å². The van der Waals surface area contributed by atoms with Gasteiger partial charge in [0.05, 0.1) is 0 Å². The monoisotopic (exact) mass is 455 g/mol. The summed E-state index contributed by atoms with van der Waals surface area (Å²) in [4.78, 5) is 19.1. The van der Waals surface area contributed by atoms with Crippen molar-refractivity contribution in [3.63, 3.8) is 0 Å². The van der Waals surface area contributed by atoms with Crippen molar-refractivity contribution in [3.8, 4) is 11.5 Å². The number of carboxylic acids is 2. The van der Waals surface area contributed by atoms with Crippen LogP contribution in [0.3, 0.4) is 0 Å². The maximum atomic E-state index is 12.2. The van der Waals surface area contributed by atoms with Gasteiger partial charge in [0.1, 0.15) is 17.6 Å². The van der Waals surface area contributed by atoms with Gasteiger partial charge in [-0.2, -0.15) is 0 Å². The standard InChI is InChI=1S/C18H20F3NO2.C4H4O4/c19-18(20,21)24-16-11-9-15(10-12-16)23-17(8-4-5-13-22)14-6-2-1-3-7-14;5-3(6)1-2-4(7)8/h1-3,6-7,9-12,17H,4-5,8,13,22H2;1-2H,(H,5,6)(H,7,8)/t17-;/m1./s1. The number of ether oxygens (including phenoxy) is 2. The minimum absolute atomic E-state index is 0.174. The van der Waals surface area contributed by atoms with Crippen molar-refractivity contribution in [1.82, 2.24) is 0 Å². The summed E-state index contributed by atoms with van der Waals surface area (Å²) in [7, 11) is 0. The SMILES string of the molecule is NCCCC[C@@H](Oc1ccc(OC(F)(F)F)cc1)c1ccccc1.O=C(O)C=CC(=O)O. The summed E-state index contributed by atoms with van der Waals surface area (Å²) in [6.07, 6.45) is -1.17. The molecule has 0 aliphatic rings. The molecule has 2 aromatic carbocycles. The summed E-state index contributed by atoms with van der Waals surface area (Å²) in [6.45, 7) is 0.616. The third-order valence-corrected chi connectivity index (χ3v) is 3.80. The number of carbonyl (C=O) groups is 2. The first-order chi connectivity index (χ1) is 15.1. The van der Waals surface area contributed by atoms with E-state index in [0.717, 1.165) is 24.8 Å². The lowest BCUT2D eigenvalue weighted by Crippen LogP contribution is -2.17. The van der Waals surface area contributed by atoms with E-state index in [9.17, 15) is 22.8 Å². The third kappa shape index (κ3) is 12.2. The van der Waals surface area contributed by atoms with E-state index in [2.05, 4.69) is 4.74 Å². The van der Waals surface area contributed by atoms with Crippen LogP contribution in [0.15, 0.2) is 66.7 Å². The number of unbranched alkanes of at least 4 members (excludes halogenated alkanes) is 1. The van der Waals surface area contributed by atoms with Crippen molar-refractivity contribution < 1.29 is 42.4 Å². The molecular weight excluding hydrogens is 431 g/mol. The molecule has 0 spiro atoms. The Morgan fingerprint density at radius 3 is 1.91 bits per heavy atom. The molecule has 0 amide bonds. The zero-order chi connectivity index (χ0) is 24.0. The third-order valence-electron chi connectivity index (χ3n) is 3.80. The molecule has 0 unspecified atom stereocenters. The smallest absolute Gasteiger partial charge is 0.486 e. The van der Waals surface area contributed by atoms with Crippen LogP contribution in [0.2, 0.25) is 0 Å². The van der Waals surface area contributed by atoms with E-state index in [1.165, 1.54) is 24.3 Å². The van der Waals surface area contributed by atoms with Crippen molar-refractivity contribution in [3.05, 3.63) is 72.3 Å². The fourth-order valence-electron chi connectivity index (χ4n) is 2.46. The maximum Gasteiger partial charge on any atom is 0.573 e. The lowest BCUT2D eigenvalue weighted by Gasteiger charge is -2.20. The van der Waals surface area contributed by atoms with E-state index >= 15 is 0 Å². The highest BCUT2D eigenvalue weighted by Crippen LogP contribution is 2.29. The molecule has 10 heteroatoms. The second-order valence-electron chi connectivity index (χ2n) is 6.33. The van der Waals surface area contributed by atoms with Crippen LogP contribution in [-0.2, 0) is 9.59 Å². The zero-order valence-corrected chi connectivity index (χ0v) is 17.0. The molecule has 0 saturated heterocycles. The second-order valence-corrected chi connectivity index (χ2v) is 6.33. The number of hydrogen-bond donors (Lipinski definition) is 3. The summed E-state index contributed by atoms with van der Waals surface area (Å²) in [5, 5.41) is 15.6. The Labute approximate surface area is 182 Å². The number of alkyl halides is 3. The Morgan fingerprint density at radius 2 is 1.44 bits per heavy atom. The summed E-state index contributed by atoms with van der Waals surface area (Å²) in [5.41, 5.74) is 6.55. The quantitative estimate of drug-likeness (QED) is 0.355. The Hall–Kier alpha value is -3.53. The predicted molar refractivity (Wildman–Crippen MR) is 110 cm³/mol. The van der Waals surface area contributed by atoms with Gasteiger partial charge in [0.2, 0.25) is 0 Å². The predicted octanol–water partition coefficient (Wildman–Crippen LogP) is 4.55. The van der Waals surface area contributed by atoms with E-state index < -0.39 is 18.3 Å². The fraction of sp³-hybridized carbons (Fsp3) is 0.273. The highest BCUT2D eigenvalue weighted by atomic mass is 19.4. The molecule has 0 radical (unpaired) electrons. The molecule has 32 heavy (non-hydrogen) atoms. The van der Waals surface area contributed by atoms with Crippen LogP contribution >= 0.6 is 0 Å². The molecule has 7 nitrogen and oxygen atoms in total. The number of carboxylic acid groups (broad SMARTS) is 2. The first-order valence-corrected chi connectivity index (χ1v) is 9.52. The Kier molecular flexibility index (Phi) is 11.4. The van der Waals surface area contributed by atoms with Gasteiger partial charge in [0, 0.05) is 12.2 Å². The highest BCUT2D eigenvalue weighted by molar-refractivity contribution is 5.89. The van der Waals surface area contributed by atoms with Crippen molar-refractivity contribution in [1.29, 1.82) is 0 Å². The van der Waals surface area contributed by atoms with Gasteiger partial charge in [-0.3, -0.25) is 0 Å². The van der Waals surface area contributed by atoms with Gasteiger partial charge in [0.25, 0.3) is 0 Å². The number of rotatable bonds is 10. The van der Waals surface area contributed by atoms with Crippen molar-refractivity contribution >= 4 is 11.9 Å². The van der Waals surface area contributed by atoms with E-state index in [-0.39, 0.29) is 11.9 Å². The molecule has 0 saturated carbocycles. The molecule has 0 heterocycles. The minimum Gasteiger partial charge on any atom is -0.486 e. The summed E-state index contributed by atoms with van der Waals surface area (Å²) < 4.78 is 46.4. The molecule has 0 aliphatic carbocycles. The van der Waals surface area contributed by atoms with Gasteiger partial charge in [-0.1, -0.05) is 30.3 Å². The fourth-order valence-corrected chi connectivity index (χ4v) is 2.46. The molecule has 174 valence electrons. The second kappa shape index (κ2) is 13.7. The number of halogens is 3. The van der Waals surface area contributed by atoms with Crippen LogP contribution < -0.4 is 15.2 Å². The van der Waals surface area contributed by atoms with E-state index in [1.807, 2.05) is 30.3 Å². The molecule has 0 bridgehead atoms. The molecule has 1 atom stereocenters. The maximum absolute atomic E-state index is 12.2.